The van der Waals surface area contributed by atoms with E-state index in [4.69, 9.17) is 0 Å². The summed E-state index contributed by atoms with van der Waals surface area (Å²) < 4.78 is 0. The summed E-state index contributed by atoms with van der Waals surface area (Å²) in [5.74, 6) is -0.175. The molecule has 2 heterocycles. The molecule has 0 saturated heterocycles. The maximum atomic E-state index is 11.3. The minimum absolute atomic E-state index is 0. The topological polar surface area (TPSA) is 42.0 Å². The first kappa shape index (κ1) is 10.8. The molecule has 3 nitrogen and oxygen atoms in total. The number of hydrogen-bond acceptors (Lipinski definition) is 2. The molecule has 0 atom stereocenters. The number of carbonyl (C=O) groups is 1. The minimum Gasteiger partial charge on any atom is -0.354 e. The Kier molecular flexibility index (Phi) is 2.88. The molecule has 1 aromatic heterocycles. The number of rotatable bonds is 0. The first-order valence-corrected chi connectivity index (χ1v) is 3.59. The van der Waals surface area contributed by atoms with Crippen molar-refractivity contribution in [3.63, 3.8) is 0 Å². The normalized spacial score (nSPS) is 17.2. The average Bonchev–Trinajstić information content (AvgIpc) is 2.25. The Hall–Kier alpha value is -0.276. The molecule has 0 fully saturated rings. The van der Waals surface area contributed by atoms with Crippen molar-refractivity contribution in [3.05, 3.63) is 37.9 Å². The molecule has 0 unspecified atom stereocenters. The van der Waals surface area contributed by atoms with E-state index in [1.807, 2.05) is 0 Å². The van der Waals surface area contributed by atoms with Crippen molar-refractivity contribution >= 4 is 11.6 Å². The summed E-state index contributed by atoms with van der Waals surface area (Å²) in [6.07, 6.45) is 3.23. The molecule has 1 amide bonds. The van der Waals surface area contributed by atoms with Gasteiger partial charge in [0.05, 0.1) is 11.9 Å². The Morgan fingerprint density at radius 2 is 2.15 bits per heavy atom. The van der Waals surface area contributed by atoms with E-state index >= 15 is 0 Å². The van der Waals surface area contributed by atoms with Crippen LogP contribution >= 0.6 is 0 Å². The Labute approximate surface area is 102 Å². The first-order chi connectivity index (χ1) is 5.62. The van der Waals surface area contributed by atoms with Crippen molar-refractivity contribution in [1.29, 1.82) is 0 Å². The number of hydrogen-bond donors (Lipinski definition) is 1. The molecular weight excluding hydrogens is 241 g/mol. The van der Waals surface area contributed by atoms with Crippen molar-refractivity contribution in [2.24, 2.45) is 0 Å². The molecule has 65 valence electrons. The molecule has 1 aliphatic rings. The number of fused-ring (bicyclic) bond motifs is 1. The van der Waals surface area contributed by atoms with E-state index in [1.54, 1.807) is 18.5 Å². The van der Waals surface area contributed by atoms with Crippen LogP contribution in [-0.2, 0) is 42.9 Å². The third kappa shape index (κ3) is 1.55. The Balaban J connectivity index is 0.000000845. The van der Waals surface area contributed by atoms with Gasteiger partial charge in [-0.15, -0.1) is 0 Å². The van der Waals surface area contributed by atoms with Crippen LogP contribution in [0.3, 0.4) is 0 Å². The predicted molar refractivity (Wildman–Crippen MR) is 45.3 cm³/mol. The van der Waals surface area contributed by atoms with Crippen LogP contribution in [0.2, 0.25) is 0 Å². The molecule has 0 aromatic carbocycles. The van der Waals surface area contributed by atoms with Crippen LogP contribution in [-0.4, -0.2) is 10.9 Å². The molecule has 13 heavy (non-hydrogen) atoms. The molecule has 2 rings (SSSR count). The standard InChI is InChI=1S/C9H8N2O.Y/c1-9(2)6-3-4-10-5-7(6)11-8(9)12;/h3-5H,1-2H2,(H,11,12);/q-2;. The fourth-order valence-corrected chi connectivity index (χ4v) is 1.28. The Bertz CT molecular complexity index is 349. The SMILES string of the molecule is [CH2-]C1([CH2-])C(=O)Nc2cnccc21.[Y]. The first-order valence-electron chi connectivity index (χ1n) is 3.59. The molecule has 1 aromatic rings. The van der Waals surface area contributed by atoms with Gasteiger partial charge in [-0.2, -0.15) is 5.41 Å². The van der Waals surface area contributed by atoms with Gasteiger partial charge in [0.1, 0.15) is 0 Å². The Morgan fingerprint density at radius 3 is 2.77 bits per heavy atom. The van der Waals surface area contributed by atoms with Crippen molar-refractivity contribution in [2.45, 2.75) is 5.41 Å². The van der Waals surface area contributed by atoms with Gasteiger partial charge < -0.3 is 19.2 Å². The van der Waals surface area contributed by atoms with Gasteiger partial charge in [0, 0.05) is 38.9 Å². The maximum absolute atomic E-state index is 11.3. The monoisotopic (exact) mass is 249 g/mol. The molecule has 1 N–H and O–H groups in total. The van der Waals surface area contributed by atoms with E-state index in [9.17, 15) is 4.79 Å². The van der Waals surface area contributed by atoms with Crippen molar-refractivity contribution in [3.8, 4) is 0 Å². The van der Waals surface area contributed by atoms with Crippen LogP contribution in [0.5, 0.6) is 0 Å². The van der Waals surface area contributed by atoms with Crippen LogP contribution in [0.4, 0.5) is 5.69 Å². The third-order valence-corrected chi connectivity index (χ3v) is 2.02. The van der Waals surface area contributed by atoms with Gasteiger partial charge in [-0.1, -0.05) is 5.56 Å². The van der Waals surface area contributed by atoms with E-state index in [2.05, 4.69) is 24.1 Å². The molecule has 0 aliphatic carbocycles. The van der Waals surface area contributed by atoms with Gasteiger partial charge in [-0.3, -0.25) is 9.78 Å². The maximum Gasteiger partial charge on any atom is 0.175 e. The van der Waals surface area contributed by atoms with Gasteiger partial charge in [0.25, 0.3) is 0 Å². The van der Waals surface area contributed by atoms with Gasteiger partial charge in [-0.25, -0.2) is 0 Å². The number of anilines is 1. The molecule has 4 heteroatoms. The number of amides is 1. The second-order valence-corrected chi connectivity index (χ2v) is 2.96. The van der Waals surface area contributed by atoms with Gasteiger partial charge in [0.15, 0.2) is 5.91 Å². The van der Waals surface area contributed by atoms with Crippen molar-refractivity contribution < 1.29 is 37.5 Å². The average molecular weight is 249 g/mol. The molecular formula is C9H8N2OY-2. The van der Waals surface area contributed by atoms with Crippen molar-refractivity contribution in [2.75, 3.05) is 5.32 Å². The largest absolute Gasteiger partial charge is 0.354 e. The summed E-state index contributed by atoms with van der Waals surface area (Å²) in [5, 5.41) is 2.66. The van der Waals surface area contributed by atoms with E-state index in [1.165, 1.54) is 0 Å². The molecule has 1 aliphatic heterocycles. The van der Waals surface area contributed by atoms with E-state index in [-0.39, 0.29) is 38.6 Å². The molecule has 0 spiro atoms. The second kappa shape index (κ2) is 3.47. The molecule has 1 radical (unpaired) electrons. The smallest absolute Gasteiger partial charge is 0.175 e. The van der Waals surface area contributed by atoms with Crippen LogP contribution in [0, 0.1) is 13.8 Å². The number of pyridine rings is 1. The van der Waals surface area contributed by atoms with Gasteiger partial charge in [0.2, 0.25) is 0 Å². The van der Waals surface area contributed by atoms with E-state index in [0.717, 1.165) is 5.56 Å². The van der Waals surface area contributed by atoms with Crippen LogP contribution < -0.4 is 5.32 Å². The van der Waals surface area contributed by atoms with E-state index in [0.29, 0.717) is 5.69 Å². The summed E-state index contributed by atoms with van der Waals surface area (Å²) in [4.78, 5) is 15.2. The summed E-state index contributed by atoms with van der Waals surface area (Å²) >= 11 is 0. The zero-order valence-corrected chi connectivity index (χ0v) is 9.92. The van der Waals surface area contributed by atoms with Crippen LogP contribution in [0.25, 0.3) is 0 Å². The summed E-state index contributed by atoms with van der Waals surface area (Å²) in [6, 6.07) is 1.76. The van der Waals surface area contributed by atoms with Crippen molar-refractivity contribution in [1.82, 2.24) is 4.98 Å². The predicted octanol–water partition coefficient (Wildman–Crippen LogP) is 0.937. The quantitative estimate of drug-likeness (QED) is 0.695. The molecule has 0 bridgehead atoms. The minimum atomic E-state index is -0.904. The van der Waals surface area contributed by atoms with E-state index < -0.39 is 5.41 Å². The number of aromatic nitrogens is 1. The molecule has 0 saturated carbocycles. The fourth-order valence-electron chi connectivity index (χ4n) is 1.28. The van der Waals surface area contributed by atoms with Crippen LogP contribution in [0.1, 0.15) is 5.56 Å². The summed E-state index contributed by atoms with van der Waals surface area (Å²) in [6.45, 7) is 7.48. The zero-order valence-electron chi connectivity index (χ0n) is 7.08. The third-order valence-electron chi connectivity index (χ3n) is 2.02. The fraction of sp³-hybridized carbons (Fsp3) is 0.111. The summed E-state index contributed by atoms with van der Waals surface area (Å²) in [5.41, 5.74) is 0.619. The second-order valence-electron chi connectivity index (χ2n) is 2.96. The van der Waals surface area contributed by atoms with Crippen LogP contribution in [0.15, 0.2) is 18.5 Å². The zero-order chi connectivity index (χ0) is 8.77. The van der Waals surface area contributed by atoms with Gasteiger partial charge >= 0.3 is 0 Å². The van der Waals surface area contributed by atoms with Gasteiger partial charge in [-0.05, 0) is 6.07 Å². The summed E-state index contributed by atoms with van der Waals surface area (Å²) in [7, 11) is 0. The number of nitrogens with zero attached hydrogens (tertiary/aromatic N) is 1. The number of carbonyl (C=O) groups excluding carboxylic acids is 1. The Morgan fingerprint density at radius 1 is 1.46 bits per heavy atom. The number of nitrogens with one attached hydrogen (secondary N) is 1.